The molecule has 20 heavy (non-hydrogen) atoms. The number of alkyl halides is 3. The first-order chi connectivity index (χ1) is 9.41. The number of aliphatic carboxylic acids is 1. The van der Waals surface area contributed by atoms with Crippen molar-refractivity contribution in [1.29, 1.82) is 0 Å². The van der Waals surface area contributed by atoms with Crippen molar-refractivity contribution in [3.8, 4) is 0 Å². The highest BCUT2D eigenvalue weighted by molar-refractivity contribution is 5.70. The molecule has 1 fully saturated rings. The Morgan fingerprint density at radius 2 is 1.75 bits per heavy atom. The summed E-state index contributed by atoms with van der Waals surface area (Å²) in [7, 11) is 0. The molecule has 1 aliphatic heterocycles. The summed E-state index contributed by atoms with van der Waals surface area (Å²) in [6.45, 7) is 2.63. The average Bonchev–Trinajstić information content (AvgIpc) is 2.68. The van der Waals surface area contributed by atoms with Gasteiger partial charge in [-0.05, 0) is 24.3 Å². The van der Waals surface area contributed by atoms with Crippen molar-refractivity contribution in [1.82, 2.24) is 0 Å². The van der Waals surface area contributed by atoms with Crippen LogP contribution >= 0.6 is 0 Å². The fourth-order valence-electron chi connectivity index (χ4n) is 2.17. The van der Waals surface area contributed by atoms with Crippen molar-refractivity contribution < 1.29 is 28.4 Å². The van der Waals surface area contributed by atoms with Crippen molar-refractivity contribution in [2.75, 3.05) is 13.1 Å². The lowest BCUT2D eigenvalue weighted by atomic mass is 9.92. The number of hydrogen-bond donors (Lipinski definition) is 1. The molecule has 0 aromatic heterocycles. The van der Waals surface area contributed by atoms with Gasteiger partial charge in [-0.3, -0.25) is 0 Å². The Labute approximate surface area is 115 Å². The molecule has 1 aromatic rings. The largest absolute Gasteiger partial charge is 0.542 e. The molecule has 2 N–H and O–H groups in total. The van der Waals surface area contributed by atoms with Crippen LogP contribution in [0, 0.1) is 0 Å². The molecule has 1 heterocycles. The number of rotatable bonds is 1. The monoisotopic (exact) mass is 289 g/mol. The number of benzene rings is 1. The third-order valence-electron chi connectivity index (χ3n) is 3.18. The Morgan fingerprint density at radius 1 is 1.15 bits per heavy atom. The predicted molar refractivity (Wildman–Crippen MR) is 65.8 cm³/mol. The molecular formula is C14H18F3NO2. The highest BCUT2D eigenvalue weighted by Gasteiger charge is 2.28. The molecule has 0 saturated carbocycles. The van der Waals surface area contributed by atoms with Crippen molar-refractivity contribution in [3.63, 3.8) is 0 Å². The van der Waals surface area contributed by atoms with Gasteiger partial charge in [0.15, 0.2) is 0 Å². The minimum atomic E-state index is -5.19. The number of carboxylic acid groups (broad SMARTS) is 1. The molecule has 1 unspecified atom stereocenters. The molecule has 6 heteroatoms. The van der Waals surface area contributed by atoms with Gasteiger partial charge < -0.3 is 15.2 Å². The lowest BCUT2D eigenvalue weighted by Gasteiger charge is -2.12. The number of halogens is 3. The van der Waals surface area contributed by atoms with E-state index in [1.54, 1.807) is 0 Å². The van der Waals surface area contributed by atoms with Crippen LogP contribution in [0.25, 0.3) is 0 Å². The number of carbonyl (C=O) groups excluding carboxylic acids is 1. The van der Waals surface area contributed by atoms with Gasteiger partial charge in [0.2, 0.25) is 0 Å². The summed E-state index contributed by atoms with van der Waals surface area (Å²) in [6.07, 6.45) is -1.09. The molecule has 1 atom stereocenters. The van der Waals surface area contributed by atoms with Crippen LogP contribution in [0.3, 0.4) is 0 Å². The van der Waals surface area contributed by atoms with Crippen molar-refractivity contribution >= 4 is 5.97 Å². The van der Waals surface area contributed by atoms with Gasteiger partial charge in [0.1, 0.15) is 5.97 Å². The van der Waals surface area contributed by atoms with E-state index in [1.807, 2.05) is 0 Å². The summed E-state index contributed by atoms with van der Waals surface area (Å²) < 4.78 is 31.5. The zero-order valence-corrected chi connectivity index (χ0v) is 11.0. The third kappa shape index (κ3) is 6.06. The molecule has 0 amide bonds. The van der Waals surface area contributed by atoms with Gasteiger partial charge in [-0.15, -0.1) is 0 Å². The Hall–Kier alpha value is -1.56. The molecule has 1 aromatic carbocycles. The van der Waals surface area contributed by atoms with E-state index in [0.717, 1.165) is 5.92 Å². The smallest absolute Gasteiger partial charge is 0.430 e. The number of quaternary nitrogens is 1. The molecule has 2 rings (SSSR count). The molecule has 112 valence electrons. The van der Waals surface area contributed by atoms with Crippen LogP contribution in [-0.2, 0) is 4.79 Å². The van der Waals surface area contributed by atoms with Gasteiger partial charge in [-0.1, -0.05) is 30.3 Å². The highest BCUT2D eigenvalue weighted by Crippen LogP contribution is 2.24. The summed E-state index contributed by atoms with van der Waals surface area (Å²) in [4.78, 5) is 8.78. The zero-order valence-electron chi connectivity index (χ0n) is 11.0. The van der Waals surface area contributed by atoms with Gasteiger partial charge in [0.05, 0.1) is 13.1 Å². The van der Waals surface area contributed by atoms with E-state index in [1.165, 1.54) is 37.9 Å². The second kappa shape index (κ2) is 7.89. The molecule has 1 aliphatic rings. The Balaban J connectivity index is 0.000000246. The summed E-state index contributed by atoms with van der Waals surface area (Å²) in [5.41, 5.74) is 1.54. The lowest BCUT2D eigenvalue weighted by molar-refractivity contribution is -0.653. The summed E-state index contributed by atoms with van der Waals surface area (Å²) in [6, 6.07) is 11.0. The SMILES string of the molecule is O=C([O-])C(F)(F)F.c1ccc(C2CCC[NH2+]CC2)cc1. The van der Waals surface area contributed by atoms with Gasteiger partial charge in [-0.25, -0.2) is 0 Å². The second-order valence-electron chi connectivity index (χ2n) is 4.69. The molecule has 0 bridgehead atoms. The van der Waals surface area contributed by atoms with E-state index in [-0.39, 0.29) is 0 Å². The lowest BCUT2D eigenvalue weighted by Crippen LogP contribution is -2.83. The second-order valence-corrected chi connectivity index (χ2v) is 4.69. The van der Waals surface area contributed by atoms with E-state index in [4.69, 9.17) is 9.90 Å². The Kier molecular flexibility index (Phi) is 6.51. The van der Waals surface area contributed by atoms with E-state index in [0.29, 0.717) is 0 Å². The van der Waals surface area contributed by atoms with E-state index >= 15 is 0 Å². The maximum absolute atomic E-state index is 10.5. The Morgan fingerprint density at radius 3 is 2.30 bits per heavy atom. The quantitative estimate of drug-likeness (QED) is 0.832. The molecular weight excluding hydrogens is 271 g/mol. The van der Waals surface area contributed by atoms with Crippen molar-refractivity contribution in [2.24, 2.45) is 0 Å². The summed E-state index contributed by atoms with van der Waals surface area (Å²) in [5.74, 6) is -2.19. The first-order valence-electron chi connectivity index (χ1n) is 6.56. The first kappa shape index (κ1) is 16.5. The van der Waals surface area contributed by atoms with Crippen LogP contribution < -0.4 is 10.4 Å². The normalized spacial score (nSPS) is 19.4. The van der Waals surface area contributed by atoms with E-state index in [9.17, 15) is 13.2 Å². The van der Waals surface area contributed by atoms with Gasteiger partial charge in [0.25, 0.3) is 0 Å². The maximum Gasteiger partial charge on any atom is 0.430 e. The summed E-state index contributed by atoms with van der Waals surface area (Å²) >= 11 is 0. The maximum atomic E-state index is 10.5. The summed E-state index contributed by atoms with van der Waals surface area (Å²) in [5, 5.41) is 11.2. The minimum Gasteiger partial charge on any atom is -0.542 e. The molecule has 3 nitrogen and oxygen atoms in total. The fraction of sp³-hybridized carbons (Fsp3) is 0.500. The highest BCUT2D eigenvalue weighted by atomic mass is 19.4. The number of carbonyl (C=O) groups is 1. The molecule has 0 aliphatic carbocycles. The third-order valence-corrected chi connectivity index (χ3v) is 3.18. The van der Waals surface area contributed by atoms with Crippen LogP contribution in [0.1, 0.15) is 30.7 Å². The number of carboxylic acids is 1. The minimum absolute atomic E-state index is 0.819. The first-order valence-corrected chi connectivity index (χ1v) is 6.56. The average molecular weight is 289 g/mol. The number of hydrogen-bond acceptors (Lipinski definition) is 2. The van der Waals surface area contributed by atoms with Crippen molar-refractivity contribution in [2.45, 2.75) is 31.4 Å². The van der Waals surface area contributed by atoms with Crippen LogP contribution in [0.15, 0.2) is 30.3 Å². The predicted octanol–water partition coefficient (Wildman–Crippen LogP) is 0.816. The van der Waals surface area contributed by atoms with E-state index < -0.39 is 12.1 Å². The molecule has 0 radical (unpaired) electrons. The van der Waals surface area contributed by atoms with Crippen LogP contribution in [0.2, 0.25) is 0 Å². The van der Waals surface area contributed by atoms with Gasteiger partial charge in [0, 0.05) is 6.42 Å². The molecule has 0 spiro atoms. The van der Waals surface area contributed by atoms with E-state index in [2.05, 4.69) is 35.6 Å². The van der Waals surface area contributed by atoms with Crippen LogP contribution in [-0.4, -0.2) is 25.2 Å². The van der Waals surface area contributed by atoms with Crippen molar-refractivity contribution in [3.05, 3.63) is 35.9 Å². The van der Waals surface area contributed by atoms with Gasteiger partial charge in [-0.2, -0.15) is 13.2 Å². The standard InChI is InChI=1S/C12H17N.C2HF3O2/c1-2-5-11(6-3-1)12-7-4-9-13-10-8-12;3-2(4,5)1(6)7/h1-3,5-6,12-13H,4,7-10H2;(H,6,7). The van der Waals surface area contributed by atoms with Crippen LogP contribution in [0.4, 0.5) is 13.2 Å². The van der Waals surface area contributed by atoms with Gasteiger partial charge >= 0.3 is 6.18 Å². The Bertz CT molecular complexity index is 399. The fourth-order valence-corrected chi connectivity index (χ4v) is 2.17. The zero-order chi connectivity index (χ0) is 15.0. The number of nitrogens with two attached hydrogens (primary N) is 1. The van der Waals surface area contributed by atoms with Crippen LogP contribution in [0.5, 0.6) is 0 Å². The molecule has 1 saturated heterocycles. The topological polar surface area (TPSA) is 56.7 Å².